The number of benzene rings is 1. The fraction of sp³-hybridized carbons (Fsp3) is 0.500. The summed E-state index contributed by atoms with van der Waals surface area (Å²) in [4.78, 5) is 14.4. The van der Waals surface area contributed by atoms with E-state index in [4.69, 9.17) is 23.2 Å². The molecule has 1 aromatic carbocycles. The van der Waals surface area contributed by atoms with E-state index in [-0.39, 0.29) is 5.91 Å². The largest absolute Gasteiger partial charge is 0.338 e. The van der Waals surface area contributed by atoms with Crippen LogP contribution < -0.4 is 0 Å². The number of halogens is 2. The molecule has 2 atom stereocenters. The normalized spacial score (nSPS) is 24.1. The molecule has 0 radical (unpaired) electrons. The first-order valence-electron chi connectivity index (χ1n) is 6.22. The molecule has 0 saturated carbocycles. The Kier molecular flexibility index (Phi) is 4.18. The molecule has 18 heavy (non-hydrogen) atoms. The minimum atomic E-state index is -0.0519. The van der Waals surface area contributed by atoms with Gasteiger partial charge >= 0.3 is 0 Å². The molecule has 0 spiro atoms. The summed E-state index contributed by atoms with van der Waals surface area (Å²) in [5, 5.41) is 0.858. The Morgan fingerprint density at radius 3 is 2.17 bits per heavy atom. The Hall–Kier alpha value is -0.730. The third-order valence-electron chi connectivity index (χ3n) is 3.33. The smallest absolute Gasteiger partial charge is 0.256 e. The van der Waals surface area contributed by atoms with Gasteiger partial charge in [0.1, 0.15) is 0 Å². The van der Waals surface area contributed by atoms with Crippen molar-refractivity contribution in [1.29, 1.82) is 0 Å². The second-order valence-corrected chi connectivity index (χ2v) is 6.07. The summed E-state index contributed by atoms with van der Waals surface area (Å²) in [7, 11) is 0. The van der Waals surface area contributed by atoms with Crippen LogP contribution >= 0.6 is 23.2 Å². The zero-order valence-corrected chi connectivity index (χ0v) is 12.1. The molecule has 1 aromatic rings. The van der Waals surface area contributed by atoms with Crippen LogP contribution in [0.2, 0.25) is 10.0 Å². The minimum absolute atomic E-state index is 0.0519. The van der Waals surface area contributed by atoms with Crippen LogP contribution in [0.15, 0.2) is 18.2 Å². The molecule has 2 rings (SSSR count). The fourth-order valence-electron chi connectivity index (χ4n) is 2.69. The third kappa shape index (κ3) is 2.81. The lowest BCUT2D eigenvalue weighted by molar-refractivity contribution is 0.0623. The quantitative estimate of drug-likeness (QED) is 0.760. The van der Waals surface area contributed by atoms with Gasteiger partial charge in [-0.3, -0.25) is 4.79 Å². The van der Waals surface area contributed by atoms with E-state index < -0.39 is 0 Å². The molecule has 1 fully saturated rings. The van der Waals surface area contributed by atoms with Crippen LogP contribution in [-0.2, 0) is 0 Å². The molecule has 0 bridgehead atoms. The lowest BCUT2D eigenvalue weighted by atomic mass is 9.91. The first-order valence-corrected chi connectivity index (χ1v) is 6.98. The van der Waals surface area contributed by atoms with Crippen molar-refractivity contribution >= 4 is 29.1 Å². The molecule has 1 aliphatic rings. The topological polar surface area (TPSA) is 20.3 Å². The maximum Gasteiger partial charge on any atom is 0.256 e. The van der Waals surface area contributed by atoms with Gasteiger partial charge in [0, 0.05) is 13.1 Å². The zero-order valence-electron chi connectivity index (χ0n) is 10.6. The average Bonchev–Trinajstić information content (AvgIpc) is 2.27. The highest BCUT2D eigenvalue weighted by Gasteiger charge is 2.28. The number of hydrogen-bond donors (Lipinski definition) is 0. The van der Waals surface area contributed by atoms with Crippen LogP contribution in [-0.4, -0.2) is 23.9 Å². The first-order chi connectivity index (χ1) is 8.49. The van der Waals surface area contributed by atoms with Crippen LogP contribution in [0, 0.1) is 11.8 Å². The van der Waals surface area contributed by atoms with Gasteiger partial charge in [-0.1, -0.05) is 43.1 Å². The highest BCUT2D eigenvalue weighted by molar-refractivity contribution is 6.39. The van der Waals surface area contributed by atoms with E-state index in [9.17, 15) is 4.79 Å². The van der Waals surface area contributed by atoms with Crippen molar-refractivity contribution in [2.24, 2.45) is 11.8 Å². The molecule has 1 amide bonds. The number of nitrogens with zero attached hydrogens (tertiary/aromatic N) is 1. The summed E-state index contributed by atoms with van der Waals surface area (Å²) >= 11 is 12.2. The van der Waals surface area contributed by atoms with Gasteiger partial charge in [-0.2, -0.15) is 0 Å². The van der Waals surface area contributed by atoms with Crippen LogP contribution in [0.1, 0.15) is 30.6 Å². The highest BCUT2D eigenvalue weighted by Crippen LogP contribution is 2.28. The summed E-state index contributed by atoms with van der Waals surface area (Å²) in [5.74, 6) is 1.00. The van der Waals surface area contributed by atoms with E-state index in [2.05, 4.69) is 13.8 Å². The van der Waals surface area contributed by atoms with Gasteiger partial charge in [0.05, 0.1) is 15.6 Å². The van der Waals surface area contributed by atoms with Crippen molar-refractivity contribution in [3.05, 3.63) is 33.8 Å². The van der Waals surface area contributed by atoms with E-state index in [1.807, 2.05) is 4.90 Å². The van der Waals surface area contributed by atoms with Gasteiger partial charge in [0.2, 0.25) is 0 Å². The van der Waals surface area contributed by atoms with Crippen molar-refractivity contribution in [3.8, 4) is 0 Å². The fourth-order valence-corrected chi connectivity index (χ4v) is 3.25. The molecule has 98 valence electrons. The van der Waals surface area contributed by atoms with Crippen LogP contribution in [0.5, 0.6) is 0 Å². The van der Waals surface area contributed by atoms with Crippen molar-refractivity contribution in [2.45, 2.75) is 20.3 Å². The Bertz CT molecular complexity index is 431. The van der Waals surface area contributed by atoms with E-state index >= 15 is 0 Å². The first kappa shape index (κ1) is 13.7. The van der Waals surface area contributed by atoms with E-state index in [1.54, 1.807) is 18.2 Å². The van der Waals surface area contributed by atoms with E-state index in [0.29, 0.717) is 27.4 Å². The maximum atomic E-state index is 12.5. The molecule has 1 saturated heterocycles. The van der Waals surface area contributed by atoms with Gasteiger partial charge in [-0.05, 0) is 30.4 Å². The molecule has 0 aliphatic carbocycles. The van der Waals surface area contributed by atoms with Crippen LogP contribution in [0.3, 0.4) is 0 Å². The van der Waals surface area contributed by atoms with Gasteiger partial charge in [0.15, 0.2) is 0 Å². The third-order valence-corrected chi connectivity index (χ3v) is 3.96. The molecule has 2 nitrogen and oxygen atoms in total. The monoisotopic (exact) mass is 285 g/mol. The van der Waals surface area contributed by atoms with Crippen molar-refractivity contribution in [3.63, 3.8) is 0 Å². The van der Waals surface area contributed by atoms with Gasteiger partial charge in [-0.15, -0.1) is 0 Å². The highest BCUT2D eigenvalue weighted by atomic mass is 35.5. The number of piperidine rings is 1. The minimum Gasteiger partial charge on any atom is -0.338 e. The molecular formula is C14H17Cl2NO. The Morgan fingerprint density at radius 1 is 1.17 bits per heavy atom. The summed E-state index contributed by atoms with van der Waals surface area (Å²) in [6.07, 6.45) is 1.17. The summed E-state index contributed by atoms with van der Waals surface area (Å²) < 4.78 is 0. The molecule has 1 heterocycles. The van der Waals surface area contributed by atoms with Crippen molar-refractivity contribution < 1.29 is 4.79 Å². The Morgan fingerprint density at radius 2 is 1.67 bits per heavy atom. The Labute approximate surface area is 118 Å². The number of carbonyl (C=O) groups excluding carboxylic acids is 1. The molecule has 0 aromatic heterocycles. The van der Waals surface area contributed by atoms with Gasteiger partial charge < -0.3 is 4.90 Å². The predicted octanol–water partition coefficient (Wildman–Crippen LogP) is 4.11. The van der Waals surface area contributed by atoms with Crippen LogP contribution in [0.4, 0.5) is 0 Å². The maximum absolute atomic E-state index is 12.5. The van der Waals surface area contributed by atoms with Crippen molar-refractivity contribution in [2.75, 3.05) is 13.1 Å². The Balaban J connectivity index is 2.26. The molecular weight excluding hydrogens is 269 g/mol. The lowest BCUT2D eigenvalue weighted by Crippen LogP contribution is -2.42. The van der Waals surface area contributed by atoms with Gasteiger partial charge in [0.25, 0.3) is 5.91 Å². The van der Waals surface area contributed by atoms with Crippen molar-refractivity contribution in [1.82, 2.24) is 4.90 Å². The zero-order chi connectivity index (χ0) is 13.3. The SMILES string of the molecule is CC1CC(C)CN(C(=O)c2c(Cl)cccc2Cl)C1. The van der Waals surface area contributed by atoms with Crippen LogP contribution in [0.25, 0.3) is 0 Å². The number of likely N-dealkylation sites (tertiary alicyclic amines) is 1. The number of carbonyl (C=O) groups is 1. The lowest BCUT2D eigenvalue weighted by Gasteiger charge is -2.35. The summed E-state index contributed by atoms with van der Waals surface area (Å²) in [5.41, 5.74) is 0.433. The summed E-state index contributed by atoms with van der Waals surface area (Å²) in [6, 6.07) is 5.16. The number of amides is 1. The second kappa shape index (κ2) is 5.50. The summed E-state index contributed by atoms with van der Waals surface area (Å²) in [6.45, 7) is 5.91. The molecule has 0 N–H and O–H groups in total. The predicted molar refractivity (Wildman–Crippen MR) is 75.3 cm³/mol. The van der Waals surface area contributed by atoms with E-state index in [0.717, 1.165) is 13.1 Å². The second-order valence-electron chi connectivity index (χ2n) is 5.25. The average molecular weight is 286 g/mol. The molecule has 1 aliphatic heterocycles. The number of hydrogen-bond acceptors (Lipinski definition) is 1. The standard InChI is InChI=1S/C14H17Cl2NO/c1-9-6-10(2)8-17(7-9)14(18)13-11(15)4-3-5-12(13)16/h3-5,9-10H,6-8H2,1-2H3. The van der Waals surface area contributed by atoms with E-state index in [1.165, 1.54) is 6.42 Å². The molecule has 4 heteroatoms. The molecule has 2 unspecified atom stereocenters. The van der Waals surface area contributed by atoms with Gasteiger partial charge in [-0.25, -0.2) is 0 Å². The number of rotatable bonds is 1.